The highest BCUT2D eigenvalue weighted by molar-refractivity contribution is 5.85. The number of rotatable bonds is 5. The van der Waals surface area contributed by atoms with Crippen LogP contribution in [0.3, 0.4) is 0 Å². The average molecular weight is 270 g/mol. The van der Waals surface area contributed by atoms with Crippen LogP contribution >= 0.6 is 0 Å². The minimum Gasteiger partial charge on any atom is -0.378 e. The summed E-state index contributed by atoms with van der Waals surface area (Å²) in [6.45, 7) is 2.88. The summed E-state index contributed by atoms with van der Waals surface area (Å²) in [5.74, 6) is 0.702. The Morgan fingerprint density at radius 3 is 3.00 bits per heavy atom. The van der Waals surface area contributed by atoms with Gasteiger partial charge in [-0.1, -0.05) is 18.2 Å². The molecule has 1 atom stereocenters. The Kier molecular flexibility index (Phi) is 3.99. The lowest BCUT2D eigenvalue weighted by Gasteiger charge is -2.36. The second kappa shape index (κ2) is 5.90. The average Bonchev–Trinajstić information content (AvgIpc) is 2.44. The van der Waals surface area contributed by atoms with Gasteiger partial charge in [-0.3, -0.25) is 4.98 Å². The third kappa shape index (κ3) is 2.69. The van der Waals surface area contributed by atoms with Crippen LogP contribution in [-0.2, 0) is 4.74 Å². The van der Waals surface area contributed by atoms with Crippen molar-refractivity contribution in [3.05, 3.63) is 42.2 Å². The molecule has 0 radical (unpaired) electrons. The first-order valence-electron chi connectivity index (χ1n) is 7.47. The molecule has 2 aromatic rings. The Balaban J connectivity index is 1.69. The molecular formula is C17H22N2O. The van der Waals surface area contributed by atoms with Gasteiger partial charge in [0.1, 0.15) is 0 Å². The molecule has 1 aromatic heterocycles. The topological polar surface area (TPSA) is 48.1 Å². The molecule has 1 aromatic carbocycles. The summed E-state index contributed by atoms with van der Waals surface area (Å²) in [5, 5.41) is 2.40. The molecule has 3 rings (SSSR count). The molecule has 0 aliphatic heterocycles. The molecule has 1 fully saturated rings. The Labute approximate surface area is 120 Å². The van der Waals surface area contributed by atoms with Gasteiger partial charge in [0.25, 0.3) is 0 Å². The zero-order chi connectivity index (χ0) is 13.9. The van der Waals surface area contributed by atoms with E-state index in [0.29, 0.717) is 12.0 Å². The van der Waals surface area contributed by atoms with E-state index >= 15 is 0 Å². The van der Waals surface area contributed by atoms with Gasteiger partial charge in [0, 0.05) is 30.4 Å². The molecule has 1 saturated carbocycles. The number of hydrogen-bond acceptors (Lipinski definition) is 3. The highest BCUT2D eigenvalue weighted by atomic mass is 16.5. The van der Waals surface area contributed by atoms with Gasteiger partial charge >= 0.3 is 0 Å². The summed E-state index contributed by atoms with van der Waals surface area (Å²) >= 11 is 0. The molecule has 1 heterocycles. The number of benzene rings is 1. The van der Waals surface area contributed by atoms with Crippen LogP contribution < -0.4 is 5.73 Å². The van der Waals surface area contributed by atoms with Gasteiger partial charge in [-0.2, -0.15) is 0 Å². The fraction of sp³-hybridized carbons (Fsp3) is 0.471. The van der Waals surface area contributed by atoms with Crippen molar-refractivity contribution in [3.63, 3.8) is 0 Å². The van der Waals surface area contributed by atoms with Crippen LogP contribution in [-0.4, -0.2) is 17.7 Å². The Morgan fingerprint density at radius 2 is 2.20 bits per heavy atom. The maximum absolute atomic E-state index is 6.42. The molecule has 0 spiro atoms. The van der Waals surface area contributed by atoms with Crippen molar-refractivity contribution in [1.82, 2.24) is 4.98 Å². The molecule has 1 aliphatic rings. The van der Waals surface area contributed by atoms with Gasteiger partial charge in [-0.15, -0.1) is 0 Å². The fourth-order valence-corrected chi connectivity index (χ4v) is 3.19. The van der Waals surface area contributed by atoms with Crippen molar-refractivity contribution in [2.45, 2.75) is 38.3 Å². The standard InChI is InChI=1S/C17H22N2O/c1-2-20-14-8-12(9-14)10-17(18)15-5-3-4-13-6-7-19-11-16(13)15/h3-7,11-12,14,17H,2,8-10,18H2,1H3. The van der Waals surface area contributed by atoms with Crippen LogP contribution in [0.25, 0.3) is 10.8 Å². The summed E-state index contributed by atoms with van der Waals surface area (Å²) in [7, 11) is 0. The monoisotopic (exact) mass is 270 g/mol. The first-order valence-corrected chi connectivity index (χ1v) is 7.47. The quantitative estimate of drug-likeness (QED) is 0.905. The highest BCUT2D eigenvalue weighted by Gasteiger charge is 2.31. The molecule has 20 heavy (non-hydrogen) atoms. The van der Waals surface area contributed by atoms with E-state index in [-0.39, 0.29) is 6.04 Å². The fourth-order valence-electron chi connectivity index (χ4n) is 3.19. The van der Waals surface area contributed by atoms with E-state index in [1.54, 1.807) is 0 Å². The number of pyridine rings is 1. The van der Waals surface area contributed by atoms with Crippen molar-refractivity contribution in [3.8, 4) is 0 Å². The van der Waals surface area contributed by atoms with E-state index in [4.69, 9.17) is 10.5 Å². The smallest absolute Gasteiger partial charge is 0.0580 e. The van der Waals surface area contributed by atoms with Crippen LogP contribution in [0.1, 0.15) is 37.8 Å². The third-order valence-corrected chi connectivity index (χ3v) is 4.30. The van der Waals surface area contributed by atoms with Gasteiger partial charge in [-0.25, -0.2) is 0 Å². The molecule has 1 aliphatic carbocycles. The normalized spacial score (nSPS) is 23.5. The molecule has 0 amide bonds. The highest BCUT2D eigenvalue weighted by Crippen LogP contribution is 2.37. The van der Waals surface area contributed by atoms with E-state index in [9.17, 15) is 0 Å². The van der Waals surface area contributed by atoms with Gasteiger partial charge < -0.3 is 10.5 Å². The summed E-state index contributed by atoms with van der Waals surface area (Å²) in [6, 6.07) is 8.46. The van der Waals surface area contributed by atoms with Crippen molar-refractivity contribution in [2.75, 3.05) is 6.61 Å². The van der Waals surface area contributed by atoms with Crippen LogP contribution in [0.15, 0.2) is 36.7 Å². The van der Waals surface area contributed by atoms with E-state index < -0.39 is 0 Å². The minimum atomic E-state index is 0.0930. The van der Waals surface area contributed by atoms with Crippen LogP contribution in [0.2, 0.25) is 0 Å². The van der Waals surface area contributed by atoms with Crippen molar-refractivity contribution in [2.24, 2.45) is 11.7 Å². The minimum absolute atomic E-state index is 0.0930. The molecule has 0 saturated heterocycles. The van der Waals surface area contributed by atoms with E-state index in [2.05, 4.69) is 30.1 Å². The molecule has 3 nitrogen and oxygen atoms in total. The van der Waals surface area contributed by atoms with E-state index in [1.807, 2.05) is 18.5 Å². The summed E-state index contributed by atoms with van der Waals surface area (Å²) < 4.78 is 5.61. The van der Waals surface area contributed by atoms with Crippen molar-refractivity contribution in [1.29, 1.82) is 0 Å². The molecule has 0 bridgehead atoms. The first kappa shape index (κ1) is 13.5. The number of hydrogen-bond donors (Lipinski definition) is 1. The maximum atomic E-state index is 6.42. The first-order chi connectivity index (χ1) is 9.78. The van der Waals surface area contributed by atoms with Crippen molar-refractivity contribution < 1.29 is 4.74 Å². The Bertz CT molecular complexity index is 573. The number of nitrogens with two attached hydrogens (primary N) is 1. The summed E-state index contributed by atoms with van der Waals surface area (Å²) in [5.41, 5.74) is 7.64. The summed E-state index contributed by atoms with van der Waals surface area (Å²) in [6.07, 6.45) is 7.57. The number of fused-ring (bicyclic) bond motifs is 1. The molecule has 3 heteroatoms. The summed E-state index contributed by atoms with van der Waals surface area (Å²) in [4.78, 5) is 4.23. The van der Waals surface area contributed by atoms with Crippen LogP contribution in [0.5, 0.6) is 0 Å². The van der Waals surface area contributed by atoms with E-state index in [0.717, 1.165) is 25.9 Å². The van der Waals surface area contributed by atoms with Crippen molar-refractivity contribution >= 4 is 10.8 Å². The molecule has 106 valence electrons. The lowest BCUT2D eigenvalue weighted by atomic mass is 9.77. The molecule has 2 N–H and O–H groups in total. The van der Waals surface area contributed by atoms with Gasteiger partial charge in [0.15, 0.2) is 0 Å². The second-order valence-electron chi connectivity index (χ2n) is 5.70. The van der Waals surface area contributed by atoms with Gasteiger partial charge in [0.05, 0.1) is 6.10 Å². The van der Waals surface area contributed by atoms with Gasteiger partial charge in [0.2, 0.25) is 0 Å². The lowest BCUT2D eigenvalue weighted by molar-refractivity contribution is -0.0281. The number of aromatic nitrogens is 1. The Hall–Kier alpha value is -1.45. The lowest BCUT2D eigenvalue weighted by Crippen LogP contribution is -2.33. The van der Waals surface area contributed by atoms with Gasteiger partial charge in [-0.05, 0) is 49.1 Å². The number of nitrogens with zero attached hydrogens (tertiary/aromatic N) is 1. The Morgan fingerprint density at radius 1 is 1.35 bits per heavy atom. The van der Waals surface area contributed by atoms with Crippen LogP contribution in [0.4, 0.5) is 0 Å². The molecule has 1 unspecified atom stereocenters. The SMILES string of the molecule is CCOC1CC(CC(N)c2cccc3ccncc23)C1. The second-order valence-corrected chi connectivity index (χ2v) is 5.70. The zero-order valence-corrected chi connectivity index (χ0v) is 12.0. The van der Waals surface area contributed by atoms with E-state index in [1.165, 1.54) is 16.3 Å². The maximum Gasteiger partial charge on any atom is 0.0580 e. The third-order valence-electron chi connectivity index (χ3n) is 4.30. The predicted octanol–water partition coefficient (Wildman–Crippen LogP) is 3.44. The van der Waals surface area contributed by atoms with Crippen LogP contribution in [0, 0.1) is 5.92 Å². The predicted molar refractivity (Wildman–Crippen MR) is 81.4 cm³/mol. The molecular weight excluding hydrogens is 248 g/mol. The number of ether oxygens (including phenoxy) is 1. The largest absolute Gasteiger partial charge is 0.378 e. The zero-order valence-electron chi connectivity index (χ0n) is 12.0.